The van der Waals surface area contributed by atoms with Gasteiger partial charge in [-0.05, 0) is 36.6 Å². The standard InChI is InChI=1S/C24H33NO3/c1-3-14-24(26,21-10-12-22(13-11-21)28-4-2)23(20-8-6-5-7-9-20)19-25-15-17-27-18-16-25/h5-13,23,26H,3-4,14-19H2,1-2H3/t23-,24-/m1/s1. The molecule has 152 valence electrons. The summed E-state index contributed by atoms with van der Waals surface area (Å²) < 4.78 is 11.1. The zero-order chi connectivity index (χ0) is 19.8. The summed E-state index contributed by atoms with van der Waals surface area (Å²) in [7, 11) is 0. The van der Waals surface area contributed by atoms with Crippen molar-refractivity contribution in [1.29, 1.82) is 0 Å². The first-order valence-electron chi connectivity index (χ1n) is 10.5. The normalized spacial score (nSPS) is 18.4. The topological polar surface area (TPSA) is 41.9 Å². The van der Waals surface area contributed by atoms with Crippen molar-refractivity contribution in [2.24, 2.45) is 0 Å². The average Bonchev–Trinajstić information content (AvgIpc) is 2.74. The fraction of sp³-hybridized carbons (Fsp3) is 0.500. The molecule has 3 rings (SSSR count). The van der Waals surface area contributed by atoms with Crippen LogP contribution >= 0.6 is 0 Å². The van der Waals surface area contributed by atoms with E-state index in [2.05, 4.69) is 36.1 Å². The highest BCUT2D eigenvalue weighted by Gasteiger charge is 2.39. The van der Waals surface area contributed by atoms with Gasteiger partial charge < -0.3 is 14.6 Å². The van der Waals surface area contributed by atoms with E-state index >= 15 is 0 Å². The number of benzene rings is 2. The second-order valence-corrected chi connectivity index (χ2v) is 7.51. The van der Waals surface area contributed by atoms with Crippen LogP contribution in [-0.4, -0.2) is 49.5 Å². The molecular formula is C24H33NO3. The van der Waals surface area contributed by atoms with E-state index in [1.54, 1.807) is 0 Å². The summed E-state index contributed by atoms with van der Waals surface area (Å²) >= 11 is 0. The van der Waals surface area contributed by atoms with E-state index in [1.165, 1.54) is 5.56 Å². The summed E-state index contributed by atoms with van der Waals surface area (Å²) in [5.74, 6) is 0.833. The number of aliphatic hydroxyl groups is 1. The van der Waals surface area contributed by atoms with E-state index in [1.807, 2.05) is 37.3 Å². The minimum Gasteiger partial charge on any atom is -0.494 e. The third kappa shape index (κ3) is 4.93. The van der Waals surface area contributed by atoms with Gasteiger partial charge in [0.1, 0.15) is 5.75 Å². The van der Waals surface area contributed by atoms with Crippen LogP contribution in [0.25, 0.3) is 0 Å². The molecule has 1 saturated heterocycles. The fourth-order valence-electron chi connectivity index (χ4n) is 4.17. The molecule has 0 aliphatic carbocycles. The van der Waals surface area contributed by atoms with Crippen LogP contribution in [0.2, 0.25) is 0 Å². The smallest absolute Gasteiger partial charge is 0.119 e. The minimum atomic E-state index is -0.931. The maximum absolute atomic E-state index is 12.0. The molecule has 1 aliphatic heterocycles. The Bertz CT molecular complexity index is 698. The summed E-state index contributed by atoms with van der Waals surface area (Å²) in [6.45, 7) is 8.92. The van der Waals surface area contributed by atoms with Gasteiger partial charge in [-0.1, -0.05) is 55.8 Å². The fourth-order valence-corrected chi connectivity index (χ4v) is 4.17. The van der Waals surface area contributed by atoms with Gasteiger partial charge in [0.2, 0.25) is 0 Å². The molecule has 0 spiro atoms. The van der Waals surface area contributed by atoms with E-state index in [-0.39, 0.29) is 5.92 Å². The van der Waals surface area contributed by atoms with Crippen molar-refractivity contribution in [2.75, 3.05) is 39.5 Å². The zero-order valence-electron chi connectivity index (χ0n) is 17.1. The Morgan fingerprint density at radius 3 is 2.32 bits per heavy atom. The molecule has 0 bridgehead atoms. The number of hydrogen-bond donors (Lipinski definition) is 1. The third-order valence-corrected chi connectivity index (χ3v) is 5.62. The van der Waals surface area contributed by atoms with Crippen LogP contribution in [0.3, 0.4) is 0 Å². The number of morpholine rings is 1. The molecule has 1 aliphatic rings. The van der Waals surface area contributed by atoms with Gasteiger partial charge in [-0.2, -0.15) is 0 Å². The molecule has 0 saturated carbocycles. The molecule has 1 fully saturated rings. The van der Waals surface area contributed by atoms with Crippen LogP contribution < -0.4 is 4.74 Å². The molecule has 2 aromatic carbocycles. The van der Waals surface area contributed by atoms with Crippen molar-refractivity contribution in [3.63, 3.8) is 0 Å². The van der Waals surface area contributed by atoms with E-state index in [9.17, 15) is 5.11 Å². The molecule has 2 atom stereocenters. The first-order chi connectivity index (χ1) is 13.7. The van der Waals surface area contributed by atoms with Crippen molar-refractivity contribution < 1.29 is 14.6 Å². The monoisotopic (exact) mass is 383 g/mol. The number of hydrogen-bond acceptors (Lipinski definition) is 4. The van der Waals surface area contributed by atoms with Crippen LogP contribution in [0, 0.1) is 0 Å². The Hall–Kier alpha value is -1.88. The Morgan fingerprint density at radius 2 is 1.71 bits per heavy atom. The lowest BCUT2D eigenvalue weighted by Crippen LogP contribution is -2.45. The minimum absolute atomic E-state index is 0.00954. The van der Waals surface area contributed by atoms with E-state index in [0.29, 0.717) is 13.0 Å². The summed E-state index contributed by atoms with van der Waals surface area (Å²) in [5.41, 5.74) is 1.21. The highest BCUT2D eigenvalue weighted by Crippen LogP contribution is 2.42. The van der Waals surface area contributed by atoms with Crippen molar-refractivity contribution in [2.45, 2.75) is 38.2 Å². The average molecular weight is 384 g/mol. The van der Waals surface area contributed by atoms with Gasteiger partial charge in [0.15, 0.2) is 0 Å². The van der Waals surface area contributed by atoms with Gasteiger partial charge in [-0.3, -0.25) is 4.90 Å². The predicted octanol–water partition coefficient (Wildman–Crippen LogP) is 4.19. The molecule has 0 amide bonds. The van der Waals surface area contributed by atoms with Crippen molar-refractivity contribution in [3.8, 4) is 5.75 Å². The summed E-state index contributed by atoms with van der Waals surface area (Å²) in [5, 5.41) is 12.0. The van der Waals surface area contributed by atoms with Crippen LogP contribution in [0.5, 0.6) is 5.75 Å². The van der Waals surface area contributed by atoms with Crippen molar-refractivity contribution >= 4 is 0 Å². The summed E-state index contributed by atoms with van der Waals surface area (Å²) in [6.07, 6.45) is 1.63. The first kappa shape index (κ1) is 20.8. The lowest BCUT2D eigenvalue weighted by molar-refractivity contribution is -0.0285. The van der Waals surface area contributed by atoms with Gasteiger partial charge in [-0.15, -0.1) is 0 Å². The Morgan fingerprint density at radius 1 is 1.04 bits per heavy atom. The van der Waals surface area contributed by atoms with Crippen LogP contribution in [0.15, 0.2) is 54.6 Å². The van der Waals surface area contributed by atoms with Gasteiger partial charge in [0.05, 0.1) is 25.4 Å². The van der Waals surface area contributed by atoms with Gasteiger partial charge in [-0.25, -0.2) is 0 Å². The second kappa shape index (κ2) is 10.1. The molecular weight excluding hydrogens is 350 g/mol. The predicted molar refractivity (Wildman–Crippen MR) is 113 cm³/mol. The Kier molecular flexibility index (Phi) is 7.49. The molecule has 0 unspecified atom stereocenters. The molecule has 4 heteroatoms. The van der Waals surface area contributed by atoms with Crippen LogP contribution in [-0.2, 0) is 10.3 Å². The quantitative estimate of drug-likeness (QED) is 0.705. The maximum atomic E-state index is 12.0. The molecule has 4 nitrogen and oxygen atoms in total. The lowest BCUT2D eigenvalue weighted by Gasteiger charge is -2.41. The number of rotatable bonds is 9. The molecule has 0 aromatic heterocycles. The van der Waals surface area contributed by atoms with Crippen LogP contribution in [0.4, 0.5) is 0 Å². The lowest BCUT2D eigenvalue weighted by atomic mass is 9.74. The highest BCUT2D eigenvalue weighted by molar-refractivity contribution is 5.35. The summed E-state index contributed by atoms with van der Waals surface area (Å²) in [4.78, 5) is 2.41. The highest BCUT2D eigenvalue weighted by atomic mass is 16.5. The zero-order valence-corrected chi connectivity index (χ0v) is 17.1. The van der Waals surface area contributed by atoms with Crippen molar-refractivity contribution in [3.05, 3.63) is 65.7 Å². The van der Waals surface area contributed by atoms with Gasteiger partial charge in [0, 0.05) is 25.6 Å². The van der Waals surface area contributed by atoms with E-state index in [4.69, 9.17) is 9.47 Å². The molecule has 1 heterocycles. The van der Waals surface area contributed by atoms with Gasteiger partial charge >= 0.3 is 0 Å². The van der Waals surface area contributed by atoms with Crippen molar-refractivity contribution in [1.82, 2.24) is 4.90 Å². The van der Waals surface area contributed by atoms with Gasteiger partial charge in [0.25, 0.3) is 0 Å². The SMILES string of the molecule is CCC[C@@](O)(c1ccc(OCC)cc1)[C@H](CN1CCOCC1)c1ccccc1. The molecule has 2 aromatic rings. The summed E-state index contributed by atoms with van der Waals surface area (Å²) in [6, 6.07) is 18.4. The Labute approximate surface area is 169 Å². The maximum Gasteiger partial charge on any atom is 0.119 e. The molecule has 0 radical (unpaired) electrons. The molecule has 1 N–H and O–H groups in total. The third-order valence-electron chi connectivity index (χ3n) is 5.62. The second-order valence-electron chi connectivity index (χ2n) is 7.51. The molecule has 28 heavy (non-hydrogen) atoms. The number of ether oxygens (including phenoxy) is 2. The Balaban J connectivity index is 1.96. The van der Waals surface area contributed by atoms with E-state index < -0.39 is 5.60 Å². The first-order valence-corrected chi connectivity index (χ1v) is 10.5. The van der Waals surface area contributed by atoms with Crippen LogP contribution in [0.1, 0.15) is 43.7 Å². The number of nitrogens with zero attached hydrogens (tertiary/aromatic N) is 1. The van der Waals surface area contributed by atoms with E-state index in [0.717, 1.165) is 50.6 Å². The largest absolute Gasteiger partial charge is 0.494 e.